The minimum Gasteiger partial charge on any atom is -0.489 e. The van der Waals surface area contributed by atoms with Crippen LogP contribution in [-0.2, 0) is 17.2 Å². The van der Waals surface area contributed by atoms with Crippen LogP contribution < -0.4 is 10.2 Å². The number of benzene rings is 4. The summed E-state index contributed by atoms with van der Waals surface area (Å²) in [7, 11) is 0. The molecule has 0 aliphatic heterocycles. The summed E-state index contributed by atoms with van der Waals surface area (Å²) in [4.78, 5) is 12.3. The summed E-state index contributed by atoms with van der Waals surface area (Å²) in [6, 6.07) is 32.3. The van der Waals surface area contributed by atoms with Crippen molar-refractivity contribution in [1.29, 1.82) is 0 Å². The van der Waals surface area contributed by atoms with Crippen molar-refractivity contribution in [3.05, 3.63) is 114 Å². The molecule has 0 aliphatic carbocycles. The standard InChI is InChI=1S/C28H26N2O2S/c1-21(33-20-23-8-3-2-4-9-23)28(31)30-29-18-22-14-16-26(17-15-22)32-19-25-12-7-11-24-10-5-6-13-27(24)25/h2-18,21H,19-20H2,1H3,(H,30,31). The Hall–Kier alpha value is -3.57. The average molecular weight is 455 g/mol. The van der Waals surface area contributed by atoms with E-state index >= 15 is 0 Å². The van der Waals surface area contributed by atoms with E-state index in [4.69, 9.17) is 4.74 Å². The number of carbonyl (C=O) groups is 1. The lowest BCUT2D eigenvalue weighted by atomic mass is 10.1. The Kier molecular flexibility index (Phi) is 7.77. The van der Waals surface area contributed by atoms with Crippen molar-refractivity contribution in [3.63, 3.8) is 0 Å². The number of hydrazone groups is 1. The van der Waals surface area contributed by atoms with Crippen LogP contribution in [0, 0.1) is 0 Å². The van der Waals surface area contributed by atoms with Crippen molar-refractivity contribution in [2.24, 2.45) is 5.10 Å². The van der Waals surface area contributed by atoms with Gasteiger partial charge >= 0.3 is 0 Å². The molecular weight excluding hydrogens is 428 g/mol. The molecule has 0 fully saturated rings. The maximum absolute atomic E-state index is 12.3. The predicted molar refractivity (Wildman–Crippen MR) is 138 cm³/mol. The van der Waals surface area contributed by atoms with E-state index in [1.807, 2.05) is 61.5 Å². The van der Waals surface area contributed by atoms with E-state index in [1.54, 1.807) is 18.0 Å². The van der Waals surface area contributed by atoms with E-state index in [2.05, 4.69) is 53.0 Å². The normalized spacial score (nSPS) is 12.0. The monoisotopic (exact) mass is 454 g/mol. The fourth-order valence-corrected chi connectivity index (χ4v) is 4.20. The third-order valence-electron chi connectivity index (χ3n) is 5.25. The third kappa shape index (κ3) is 6.46. The molecule has 0 saturated carbocycles. The molecule has 0 saturated heterocycles. The first-order valence-electron chi connectivity index (χ1n) is 10.9. The first-order valence-corrected chi connectivity index (χ1v) is 11.9. The van der Waals surface area contributed by atoms with Crippen LogP contribution in [0.2, 0.25) is 0 Å². The molecule has 0 aliphatic rings. The van der Waals surface area contributed by atoms with Gasteiger partial charge in [0.25, 0.3) is 5.91 Å². The summed E-state index contributed by atoms with van der Waals surface area (Å²) in [5, 5.41) is 6.32. The van der Waals surface area contributed by atoms with Gasteiger partial charge in [-0.25, -0.2) is 5.43 Å². The average Bonchev–Trinajstić information content (AvgIpc) is 2.87. The highest BCUT2D eigenvalue weighted by Gasteiger charge is 2.12. The van der Waals surface area contributed by atoms with Crippen molar-refractivity contribution in [2.45, 2.75) is 24.5 Å². The lowest BCUT2D eigenvalue weighted by Crippen LogP contribution is -2.26. The Morgan fingerprint density at radius 1 is 0.939 bits per heavy atom. The van der Waals surface area contributed by atoms with Gasteiger partial charge in [0, 0.05) is 5.75 Å². The molecule has 1 unspecified atom stereocenters. The SMILES string of the molecule is CC(SCc1ccccc1)C(=O)NN=Cc1ccc(OCc2cccc3ccccc23)cc1. The maximum Gasteiger partial charge on any atom is 0.252 e. The highest BCUT2D eigenvalue weighted by Crippen LogP contribution is 2.21. The minimum absolute atomic E-state index is 0.109. The van der Waals surface area contributed by atoms with Gasteiger partial charge in [0.2, 0.25) is 0 Å². The van der Waals surface area contributed by atoms with E-state index in [9.17, 15) is 4.79 Å². The topological polar surface area (TPSA) is 50.7 Å². The van der Waals surface area contributed by atoms with Crippen LogP contribution in [-0.4, -0.2) is 17.4 Å². The number of hydrogen-bond donors (Lipinski definition) is 1. The molecule has 1 N–H and O–H groups in total. The predicted octanol–water partition coefficient (Wildman–Crippen LogP) is 6.19. The van der Waals surface area contributed by atoms with E-state index in [1.165, 1.54) is 16.3 Å². The number of ether oxygens (including phenoxy) is 1. The molecule has 0 radical (unpaired) electrons. The van der Waals surface area contributed by atoms with Gasteiger partial charge in [-0.05, 0) is 58.7 Å². The number of carbonyl (C=O) groups excluding carboxylic acids is 1. The zero-order valence-electron chi connectivity index (χ0n) is 18.5. The number of hydrogen-bond acceptors (Lipinski definition) is 4. The molecule has 0 spiro atoms. The van der Waals surface area contributed by atoms with Crippen molar-refractivity contribution in [1.82, 2.24) is 5.43 Å². The van der Waals surface area contributed by atoms with E-state index in [-0.39, 0.29) is 11.2 Å². The van der Waals surface area contributed by atoms with E-state index in [0.29, 0.717) is 6.61 Å². The van der Waals surface area contributed by atoms with E-state index < -0.39 is 0 Å². The Labute approximate surface area is 198 Å². The largest absolute Gasteiger partial charge is 0.489 e. The summed E-state index contributed by atoms with van der Waals surface area (Å²) in [6.07, 6.45) is 1.64. The molecular formula is C28H26N2O2S. The highest BCUT2D eigenvalue weighted by atomic mass is 32.2. The molecule has 33 heavy (non-hydrogen) atoms. The summed E-state index contributed by atoms with van der Waals surface area (Å²) in [6.45, 7) is 2.39. The van der Waals surface area contributed by atoms with Gasteiger partial charge in [-0.2, -0.15) is 5.10 Å². The first kappa shape index (κ1) is 22.6. The molecule has 4 nitrogen and oxygen atoms in total. The van der Waals surface area contributed by atoms with Gasteiger partial charge < -0.3 is 4.74 Å². The molecule has 4 aromatic carbocycles. The molecule has 0 heterocycles. The molecule has 1 amide bonds. The molecule has 5 heteroatoms. The molecule has 0 bridgehead atoms. The van der Waals surface area contributed by atoms with Crippen LogP contribution in [0.25, 0.3) is 10.8 Å². The van der Waals surface area contributed by atoms with Crippen molar-refractivity contribution < 1.29 is 9.53 Å². The number of fused-ring (bicyclic) bond motifs is 1. The van der Waals surface area contributed by atoms with Crippen LogP contribution >= 0.6 is 11.8 Å². The molecule has 4 rings (SSSR count). The summed E-state index contributed by atoms with van der Waals surface area (Å²) in [5.41, 5.74) is 5.87. The van der Waals surface area contributed by atoms with Crippen LogP contribution in [0.3, 0.4) is 0 Å². The summed E-state index contributed by atoms with van der Waals surface area (Å²) < 4.78 is 5.98. The second kappa shape index (κ2) is 11.3. The number of nitrogens with zero attached hydrogens (tertiary/aromatic N) is 1. The fraction of sp³-hybridized carbons (Fsp3) is 0.143. The molecule has 166 valence electrons. The Bertz CT molecular complexity index is 1220. The van der Waals surface area contributed by atoms with Crippen LogP contribution in [0.4, 0.5) is 0 Å². The summed E-state index contributed by atoms with van der Waals surface area (Å²) >= 11 is 1.59. The first-order chi connectivity index (χ1) is 16.2. The fourth-order valence-electron chi connectivity index (χ4n) is 3.36. The zero-order valence-corrected chi connectivity index (χ0v) is 19.3. The highest BCUT2D eigenvalue weighted by molar-refractivity contribution is 7.99. The van der Waals surface area contributed by atoms with Crippen LogP contribution in [0.1, 0.15) is 23.6 Å². The molecule has 4 aromatic rings. The Morgan fingerprint density at radius 3 is 2.48 bits per heavy atom. The third-order valence-corrected chi connectivity index (χ3v) is 6.47. The van der Waals surface area contributed by atoms with Crippen molar-refractivity contribution in [3.8, 4) is 5.75 Å². The zero-order chi connectivity index (χ0) is 22.9. The molecule has 1 atom stereocenters. The maximum atomic E-state index is 12.3. The van der Waals surface area contributed by atoms with Gasteiger partial charge in [-0.1, -0.05) is 72.8 Å². The Morgan fingerprint density at radius 2 is 1.67 bits per heavy atom. The van der Waals surface area contributed by atoms with Gasteiger partial charge in [-0.3, -0.25) is 4.79 Å². The van der Waals surface area contributed by atoms with Crippen molar-refractivity contribution in [2.75, 3.05) is 0 Å². The van der Waals surface area contributed by atoms with Gasteiger partial charge in [0.05, 0.1) is 11.5 Å². The van der Waals surface area contributed by atoms with Gasteiger partial charge in [0.15, 0.2) is 0 Å². The summed E-state index contributed by atoms with van der Waals surface area (Å²) in [5.74, 6) is 1.47. The second-order valence-electron chi connectivity index (χ2n) is 7.67. The van der Waals surface area contributed by atoms with Crippen LogP contribution in [0.15, 0.2) is 102 Å². The van der Waals surface area contributed by atoms with Gasteiger partial charge in [-0.15, -0.1) is 11.8 Å². The smallest absolute Gasteiger partial charge is 0.252 e. The number of rotatable bonds is 9. The minimum atomic E-state index is -0.188. The lowest BCUT2D eigenvalue weighted by molar-refractivity contribution is -0.120. The lowest BCUT2D eigenvalue weighted by Gasteiger charge is -2.10. The van der Waals surface area contributed by atoms with Crippen molar-refractivity contribution >= 4 is 34.7 Å². The molecule has 0 aromatic heterocycles. The van der Waals surface area contributed by atoms with Gasteiger partial charge in [0.1, 0.15) is 12.4 Å². The van der Waals surface area contributed by atoms with Crippen LogP contribution in [0.5, 0.6) is 5.75 Å². The quantitative estimate of drug-likeness (QED) is 0.242. The number of thioether (sulfide) groups is 1. The van der Waals surface area contributed by atoms with E-state index in [0.717, 1.165) is 22.6 Å². The Balaban J connectivity index is 1.25. The number of amides is 1. The second-order valence-corrected chi connectivity index (χ2v) is 9.00. The number of nitrogens with one attached hydrogen (secondary N) is 1.